The summed E-state index contributed by atoms with van der Waals surface area (Å²) in [7, 11) is 1.21. The predicted octanol–water partition coefficient (Wildman–Crippen LogP) is 0.103. The number of epoxide rings is 1. The largest absolute Gasteiger partial charge is 0.466 e. The highest BCUT2D eigenvalue weighted by atomic mass is 16.6. The van der Waals surface area contributed by atoms with Gasteiger partial charge in [0.2, 0.25) is 0 Å². The van der Waals surface area contributed by atoms with Crippen LogP contribution in [-0.4, -0.2) is 71.5 Å². The van der Waals surface area contributed by atoms with Gasteiger partial charge < -0.3 is 29.5 Å². The van der Waals surface area contributed by atoms with Crippen molar-refractivity contribution < 1.29 is 39.1 Å². The zero-order valence-corrected chi connectivity index (χ0v) is 16.2. The van der Waals surface area contributed by atoms with Crippen LogP contribution in [0.2, 0.25) is 0 Å². The van der Waals surface area contributed by atoms with Crippen molar-refractivity contribution in [3.8, 4) is 0 Å². The number of hydrogen-bond acceptors (Lipinski definition) is 8. The van der Waals surface area contributed by atoms with E-state index in [1.807, 2.05) is 6.92 Å². The van der Waals surface area contributed by atoms with E-state index in [-0.39, 0.29) is 17.6 Å². The summed E-state index contributed by atoms with van der Waals surface area (Å²) in [6.45, 7) is 8.96. The van der Waals surface area contributed by atoms with Crippen molar-refractivity contribution in [2.24, 2.45) is 17.3 Å². The van der Waals surface area contributed by atoms with E-state index < -0.39 is 59.7 Å². The van der Waals surface area contributed by atoms with Gasteiger partial charge in [-0.3, -0.25) is 0 Å². The summed E-state index contributed by atoms with van der Waals surface area (Å²) < 4.78 is 16.0. The van der Waals surface area contributed by atoms with E-state index >= 15 is 0 Å². The molecule has 3 rings (SSSR count). The zero-order chi connectivity index (χ0) is 20.9. The van der Waals surface area contributed by atoms with Gasteiger partial charge in [0.15, 0.2) is 0 Å². The minimum absolute atomic E-state index is 0.0136. The Kier molecular flexibility index (Phi) is 5.44. The van der Waals surface area contributed by atoms with Gasteiger partial charge in [0.25, 0.3) is 0 Å². The smallest absolute Gasteiger partial charge is 0.336 e. The topological polar surface area (TPSA) is 126 Å². The molecule has 1 heterocycles. The highest BCUT2D eigenvalue weighted by molar-refractivity contribution is 5.89. The summed E-state index contributed by atoms with van der Waals surface area (Å²) in [5, 5.41) is 31.2. The first-order valence-corrected chi connectivity index (χ1v) is 9.38. The number of hydrogen-bond donors (Lipinski definition) is 3. The molecule has 0 aromatic carbocycles. The number of carbonyl (C=O) groups is 2. The lowest BCUT2D eigenvalue weighted by atomic mass is 9.51. The quantitative estimate of drug-likeness (QED) is 0.339. The molecule has 0 aromatic heterocycles. The molecule has 3 fully saturated rings. The SMILES string of the molecule is C=C(CO)C(=O)O[C@H]1C[C@@]2(C)[C@H](O)CC[C@]3(CO3)[C@@H]2[C@@H](O)[C@@H]1C(=C)C(=O)OC. The minimum Gasteiger partial charge on any atom is -0.466 e. The Morgan fingerprint density at radius 3 is 2.43 bits per heavy atom. The molecule has 28 heavy (non-hydrogen) atoms. The summed E-state index contributed by atoms with van der Waals surface area (Å²) in [6, 6.07) is 0. The van der Waals surface area contributed by atoms with Crippen LogP contribution in [0.25, 0.3) is 0 Å². The molecule has 2 aliphatic carbocycles. The van der Waals surface area contributed by atoms with E-state index in [1.54, 1.807) is 0 Å². The molecule has 3 aliphatic rings. The molecule has 8 nitrogen and oxygen atoms in total. The molecule has 1 saturated heterocycles. The first kappa shape index (κ1) is 21.0. The lowest BCUT2D eigenvalue weighted by Crippen LogP contribution is -2.64. The fourth-order valence-corrected chi connectivity index (χ4v) is 5.14. The maximum atomic E-state index is 12.2. The van der Waals surface area contributed by atoms with Crippen LogP contribution in [0.5, 0.6) is 0 Å². The van der Waals surface area contributed by atoms with Crippen LogP contribution < -0.4 is 0 Å². The summed E-state index contributed by atoms with van der Waals surface area (Å²) in [6.07, 6.45) is -1.49. The number of ether oxygens (including phenoxy) is 3. The Hall–Kier alpha value is -1.74. The van der Waals surface area contributed by atoms with Gasteiger partial charge in [-0.05, 0) is 19.3 Å². The van der Waals surface area contributed by atoms with Crippen molar-refractivity contribution in [3.05, 3.63) is 24.3 Å². The molecule has 0 unspecified atom stereocenters. The molecule has 0 bridgehead atoms. The number of carbonyl (C=O) groups excluding carboxylic acids is 2. The maximum absolute atomic E-state index is 12.2. The maximum Gasteiger partial charge on any atom is 0.336 e. The standard InChI is InChI=1S/C20H28O8/c1-10(8-21)17(24)28-12-7-19(3)13(22)5-6-20(9-27-20)16(19)15(23)14(12)11(2)18(25)26-4/h12-16,21-23H,1-2,5-9H2,3-4H3/t12-,13+,14+,15-,16+,19-,20-/m0/s1. The van der Waals surface area contributed by atoms with Crippen molar-refractivity contribution in [1.29, 1.82) is 0 Å². The van der Waals surface area contributed by atoms with E-state index in [1.165, 1.54) is 7.11 Å². The Bertz CT molecular complexity index is 696. The minimum atomic E-state index is -1.14. The fourth-order valence-electron chi connectivity index (χ4n) is 5.14. The first-order valence-electron chi connectivity index (χ1n) is 9.38. The molecule has 0 radical (unpaired) electrons. The highest BCUT2D eigenvalue weighted by Crippen LogP contribution is 2.61. The molecule has 0 aromatic rings. The van der Waals surface area contributed by atoms with Crippen LogP contribution in [-0.2, 0) is 23.8 Å². The first-order chi connectivity index (χ1) is 13.1. The van der Waals surface area contributed by atoms with Crippen molar-refractivity contribution in [2.75, 3.05) is 20.3 Å². The van der Waals surface area contributed by atoms with Gasteiger partial charge in [0.05, 0.1) is 49.6 Å². The van der Waals surface area contributed by atoms with Gasteiger partial charge in [-0.1, -0.05) is 20.1 Å². The Labute approximate surface area is 163 Å². The monoisotopic (exact) mass is 396 g/mol. The summed E-state index contributed by atoms with van der Waals surface area (Å²) >= 11 is 0. The van der Waals surface area contributed by atoms with E-state index in [9.17, 15) is 19.8 Å². The zero-order valence-electron chi connectivity index (χ0n) is 16.2. The highest BCUT2D eigenvalue weighted by Gasteiger charge is 2.69. The Morgan fingerprint density at radius 2 is 1.89 bits per heavy atom. The van der Waals surface area contributed by atoms with Gasteiger partial charge in [0.1, 0.15) is 6.10 Å². The molecule has 7 atom stereocenters. The summed E-state index contributed by atoms with van der Waals surface area (Å²) in [5.74, 6) is -2.91. The second-order valence-electron chi connectivity index (χ2n) is 8.33. The van der Waals surface area contributed by atoms with Gasteiger partial charge in [-0.15, -0.1) is 0 Å². The number of aliphatic hydroxyl groups is 3. The van der Waals surface area contributed by atoms with Crippen LogP contribution in [0.15, 0.2) is 24.3 Å². The second kappa shape index (κ2) is 7.26. The average Bonchev–Trinajstić information content (AvgIpc) is 3.43. The number of aliphatic hydroxyl groups excluding tert-OH is 3. The van der Waals surface area contributed by atoms with Crippen molar-refractivity contribution in [2.45, 2.75) is 50.1 Å². The van der Waals surface area contributed by atoms with Crippen molar-refractivity contribution in [1.82, 2.24) is 0 Å². The number of rotatable bonds is 5. The average molecular weight is 396 g/mol. The van der Waals surface area contributed by atoms with Crippen LogP contribution >= 0.6 is 0 Å². The Morgan fingerprint density at radius 1 is 1.25 bits per heavy atom. The molecule has 8 heteroatoms. The van der Waals surface area contributed by atoms with Crippen molar-refractivity contribution in [3.63, 3.8) is 0 Å². The molecule has 156 valence electrons. The molecule has 3 N–H and O–H groups in total. The van der Waals surface area contributed by atoms with E-state index in [0.29, 0.717) is 19.4 Å². The number of fused-ring (bicyclic) bond motifs is 2. The third-order valence-electron chi connectivity index (χ3n) is 6.73. The third kappa shape index (κ3) is 3.18. The van der Waals surface area contributed by atoms with Crippen LogP contribution in [0, 0.1) is 17.3 Å². The second-order valence-corrected chi connectivity index (χ2v) is 8.33. The van der Waals surface area contributed by atoms with Gasteiger partial charge in [0, 0.05) is 16.9 Å². The lowest BCUT2D eigenvalue weighted by Gasteiger charge is -2.57. The summed E-state index contributed by atoms with van der Waals surface area (Å²) in [5.41, 5.74) is -1.49. The van der Waals surface area contributed by atoms with E-state index in [4.69, 9.17) is 19.3 Å². The normalized spacial score (nSPS) is 41.7. The molecular weight excluding hydrogens is 368 g/mol. The molecule has 0 amide bonds. The lowest BCUT2D eigenvalue weighted by molar-refractivity contribution is -0.202. The van der Waals surface area contributed by atoms with Gasteiger partial charge in [-0.25, -0.2) is 9.59 Å². The van der Waals surface area contributed by atoms with Gasteiger partial charge in [-0.2, -0.15) is 0 Å². The predicted molar refractivity (Wildman–Crippen MR) is 96.9 cm³/mol. The molecule has 1 spiro atoms. The van der Waals surface area contributed by atoms with Crippen LogP contribution in [0.1, 0.15) is 26.2 Å². The third-order valence-corrected chi connectivity index (χ3v) is 6.73. The van der Waals surface area contributed by atoms with Gasteiger partial charge >= 0.3 is 11.9 Å². The van der Waals surface area contributed by atoms with E-state index in [2.05, 4.69) is 13.2 Å². The summed E-state index contributed by atoms with van der Waals surface area (Å²) in [4.78, 5) is 24.4. The fraction of sp³-hybridized carbons (Fsp3) is 0.700. The molecule has 1 aliphatic heterocycles. The Balaban J connectivity index is 1.99. The molecule has 2 saturated carbocycles. The van der Waals surface area contributed by atoms with Crippen LogP contribution in [0.4, 0.5) is 0 Å². The van der Waals surface area contributed by atoms with Crippen molar-refractivity contribution >= 4 is 11.9 Å². The number of esters is 2. The number of methoxy groups -OCH3 is 1. The molecular formula is C20H28O8. The van der Waals surface area contributed by atoms with Crippen LogP contribution in [0.3, 0.4) is 0 Å². The van der Waals surface area contributed by atoms with E-state index in [0.717, 1.165) is 0 Å².